The maximum absolute atomic E-state index is 13.1. The van der Waals surface area contributed by atoms with Crippen molar-refractivity contribution in [2.75, 3.05) is 31.1 Å². The van der Waals surface area contributed by atoms with Crippen molar-refractivity contribution < 1.29 is 8.42 Å². The molecule has 1 fully saturated rings. The smallest absolute Gasteiger partial charge is 0.245 e. The molecular weight excluding hydrogens is 392 g/mol. The molecule has 4 aromatic heterocycles. The largest absolute Gasteiger partial charge is 0.353 e. The number of aromatic nitrogens is 6. The molecule has 5 rings (SSSR count). The fourth-order valence-corrected chi connectivity index (χ4v) is 5.03. The van der Waals surface area contributed by atoms with E-state index in [4.69, 9.17) is 0 Å². The molecule has 1 aliphatic heterocycles. The van der Waals surface area contributed by atoms with Gasteiger partial charge in [0.2, 0.25) is 10.0 Å². The van der Waals surface area contributed by atoms with Crippen LogP contribution in [-0.4, -0.2) is 68.6 Å². The lowest BCUT2D eigenvalue weighted by molar-refractivity contribution is 0.384. The minimum absolute atomic E-state index is 0.259. The van der Waals surface area contributed by atoms with Crippen LogP contribution in [0.25, 0.3) is 16.9 Å². The highest BCUT2D eigenvalue weighted by atomic mass is 32.2. The second-order valence-corrected chi connectivity index (χ2v) is 8.54. The molecule has 0 atom stereocenters. The number of pyridine rings is 1. The second kappa shape index (κ2) is 6.94. The molecule has 11 heteroatoms. The third-order valence-electron chi connectivity index (χ3n) is 4.94. The van der Waals surface area contributed by atoms with Gasteiger partial charge in [-0.1, -0.05) is 0 Å². The molecule has 0 bridgehead atoms. The van der Waals surface area contributed by atoms with Crippen LogP contribution >= 0.6 is 0 Å². The van der Waals surface area contributed by atoms with Crippen molar-refractivity contribution in [3.05, 3.63) is 55.4 Å². The average molecular weight is 410 g/mol. The molecule has 0 amide bonds. The van der Waals surface area contributed by atoms with Gasteiger partial charge in [-0.3, -0.25) is 4.98 Å². The van der Waals surface area contributed by atoms with Crippen molar-refractivity contribution in [1.82, 2.24) is 34.0 Å². The van der Waals surface area contributed by atoms with Gasteiger partial charge in [0.15, 0.2) is 5.82 Å². The van der Waals surface area contributed by atoms with Crippen LogP contribution in [0.1, 0.15) is 0 Å². The Labute approximate surface area is 166 Å². The molecule has 148 valence electrons. The van der Waals surface area contributed by atoms with Gasteiger partial charge in [0, 0.05) is 56.4 Å². The maximum atomic E-state index is 13.1. The number of piperazine rings is 1. The maximum Gasteiger partial charge on any atom is 0.245 e. The minimum Gasteiger partial charge on any atom is -0.353 e. The molecular formula is C18H18N8O2S. The molecule has 1 N–H and O–H groups in total. The Hall–Kier alpha value is -3.31. The zero-order chi connectivity index (χ0) is 19.8. The van der Waals surface area contributed by atoms with E-state index in [1.165, 1.54) is 10.5 Å². The Morgan fingerprint density at radius 2 is 1.83 bits per heavy atom. The molecule has 0 aliphatic carbocycles. The minimum atomic E-state index is -3.61. The van der Waals surface area contributed by atoms with Gasteiger partial charge in [0.1, 0.15) is 16.4 Å². The normalized spacial score (nSPS) is 15.8. The summed E-state index contributed by atoms with van der Waals surface area (Å²) in [6.07, 6.45) is 9.95. The number of hydrogen-bond acceptors (Lipinski definition) is 7. The Bertz CT molecular complexity index is 1240. The monoisotopic (exact) mass is 410 g/mol. The molecule has 29 heavy (non-hydrogen) atoms. The first-order valence-corrected chi connectivity index (χ1v) is 10.6. The van der Waals surface area contributed by atoms with Crippen LogP contribution in [-0.2, 0) is 10.0 Å². The summed E-state index contributed by atoms with van der Waals surface area (Å²) in [4.78, 5) is 18.2. The van der Waals surface area contributed by atoms with Crippen molar-refractivity contribution in [2.24, 2.45) is 0 Å². The zero-order valence-electron chi connectivity index (χ0n) is 15.4. The van der Waals surface area contributed by atoms with Gasteiger partial charge in [-0.2, -0.15) is 9.40 Å². The van der Waals surface area contributed by atoms with E-state index in [0.717, 1.165) is 0 Å². The number of anilines is 1. The number of H-pyrrole nitrogens is 1. The topological polar surface area (TPSA) is 113 Å². The second-order valence-electron chi connectivity index (χ2n) is 6.63. The highest BCUT2D eigenvalue weighted by Crippen LogP contribution is 2.25. The molecule has 0 radical (unpaired) electrons. The lowest BCUT2D eigenvalue weighted by Gasteiger charge is -2.34. The predicted octanol–water partition coefficient (Wildman–Crippen LogP) is 1.05. The van der Waals surface area contributed by atoms with Gasteiger partial charge in [0.05, 0.1) is 12.4 Å². The molecule has 4 aromatic rings. The van der Waals surface area contributed by atoms with Crippen molar-refractivity contribution in [3.8, 4) is 5.82 Å². The van der Waals surface area contributed by atoms with Gasteiger partial charge in [-0.05, 0) is 18.2 Å². The van der Waals surface area contributed by atoms with Gasteiger partial charge < -0.3 is 9.88 Å². The van der Waals surface area contributed by atoms with E-state index in [-0.39, 0.29) is 4.90 Å². The van der Waals surface area contributed by atoms with E-state index in [1.807, 2.05) is 11.0 Å². The zero-order valence-corrected chi connectivity index (χ0v) is 16.2. The van der Waals surface area contributed by atoms with E-state index in [2.05, 4.69) is 25.0 Å². The van der Waals surface area contributed by atoms with Crippen LogP contribution in [0.15, 0.2) is 60.3 Å². The number of fused-ring (bicyclic) bond motifs is 1. The number of sulfonamides is 1. The van der Waals surface area contributed by atoms with Crippen LogP contribution in [0.3, 0.4) is 0 Å². The van der Waals surface area contributed by atoms with Crippen LogP contribution in [0.4, 0.5) is 5.82 Å². The third-order valence-corrected chi connectivity index (χ3v) is 6.88. The van der Waals surface area contributed by atoms with Gasteiger partial charge >= 0.3 is 0 Å². The lowest BCUT2D eigenvalue weighted by Crippen LogP contribution is -2.49. The van der Waals surface area contributed by atoms with Crippen LogP contribution < -0.4 is 4.90 Å². The number of hydrogen-bond donors (Lipinski definition) is 1. The summed E-state index contributed by atoms with van der Waals surface area (Å²) < 4.78 is 29.4. The molecule has 1 aliphatic rings. The van der Waals surface area contributed by atoms with Gasteiger partial charge in [-0.25, -0.2) is 23.1 Å². The summed E-state index contributed by atoms with van der Waals surface area (Å²) in [6, 6.07) is 5.31. The molecule has 0 saturated carbocycles. The standard InChI is InChI=1S/C18H18N8O2S/c27-29(28,15-11-21-18-14(15)3-1-4-20-18)25-9-7-24(8-10-25)16-12-19-13-17(23-16)26-6-2-5-22-26/h1-6,11-13H,7-10H2,(H,20,21). The van der Waals surface area contributed by atoms with Crippen LogP contribution in [0.5, 0.6) is 0 Å². The van der Waals surface area contributed by atoms with E-state index in [1.54, 1.807) is 47.8 Å². The molecule has 0 aromatic carbocycles. The van der Waals surface area contributed by atoms with E-state index < -0.39 is 10.0 Å². The first-order chi connectivity index (χ1) is 14.1. The first kappa shape index (κ1) is 17.8. The van der Waals surface area contributed by atoms with Gasteiger partial charge in [-0.15, -0.1) is 0 Å². The molecule has 10 nitrogen and oxygen atoms in total. The van der Waals surface area contributed by atoms with Crippen LogP contribution in [0.2, 0.25) is 0 Å². The van der Waals surface area contributed by atoms with E-state index >= 15 is 0 Å². The van der Waals surface area contributed by atoms with Crippen LogP contribution in [0, 0.1) is 0 Å². The van der Waals surface area contributed by atoms with Gasteiger partial charge in [0.25, 0.3) is 0 Å². The molecule has 0 spiro atoms. The molecule has 5 heterocycles. The first-order valence-electron chi connectivity index (χ1n) is 9.12. The summed E-state index contributed by atoms with van der Waals surface area (Å²) in [5.41, 5.74) is 0.565. The number of aromatic amines is 1. The van der Waals surface area contributed by atoms with E-state index in [9.17, 15) is 8.42 Å². The Kier molecular flexibility index (Phi) is 4.25. The summed E-state index contributed by atoms with van der Waals surface area (Å²) in [5.74, 6) is 1.32. The quantitative estimate of drug-likeness (QED) is 0.535. The predicted molar refractivity (Wildman–Crippen MR) is 106 cm³/mol. The highest BCUT2D eigenvalue weighted by Gasteiger charge is 2.31. The number of nitrogens with one attached hydrogen (secondary N) is 1. The van der Waals surface area contributed by atoms with E-state index in [0.29, 0.717) is 48.8 Å². The highest BCUT2D eigenvalue weighted by molar-refractivity contribution is 7.89. The fourth-order valence-electron chi connectivity index (χ4n) is 3.45. The Morgan fingerprint density at radius 3 is 2.62 bits per heavy atom. The lowest BCUT2D eigenvalue weighted by atomic mass is 10.3. The Morgan fingerprint density at radius 1 is 1.00 bits per heavy atom. The molecule has 0 unspecified atom stereocenters. The summed E-state index contributed by atoms with van der Waals surface area (Å²) in [6.45, 7) is 1.78. The molecule has 1 saturated heterocycles. The van der Waals surface area contributed by atoms with Crippen molar-refractivity contribution in [2.45, 2.75) is 4.90 Å². The average Bonchev–Trinajstić information content (AvgIpc) is 3.44. The summed E-state index contributed by atoms with van der Waals surface area (Å²) in [7, 11) is -3.61. The number of nitrogens with zero attached hydrogens (tertiary/aromatic N) is 7. The summed E-state index contributed by atoms with van der Waals surface area (Å²) >= 11 is 0. The van der Waals surface area contributed by atoms with Crippen molar-refractivity contribution in [1.29, 1.82) is 0 Å². The number of rotatable bonds is 4. The fraction of sp³-hybridized carbons (Fsp3) is 0.222. The SMILES string of the molecule is O=S(=O)(c1c[nH]c2ncccc12)N1CCN(c2cncc(-n3cccn3)n2)CC1. The Balaban J connectivity index is 1.35. The third kappa shape index (κ3) is 3.13. The van der Waals surface area contributed by atoms with Crippen molar-refractivity contribution in [3.63, 3.8) is 0 Å². The van der Waals surface area contributed by atoms with Crippen molar-refractivity contribution >= 4 is 26.9 Å². The summed E-state index contributed by atoms with van der Waals surface area (Å²) in [5, 5.41) is 4.77.